The number of likely N-dealkylation sites (tertiary alicyclic amines) is 1. The minimum atomic E-state index is -0.504. The number of hydrogen-bond donors (Lipinski definition) is 3. The van der Waals surface area contributed by atoms with Crippen molar-refractivity contribution in [2.75, 3.05) is 19.7 Å². The average Bonchev–Trinajstić information content (AvgIpc) is 3.39. The third-order valence-corrected chi connectivity index (χ3v) is 9.27. The van der Waals surface area contributed by atoms with Crippen molar-refractivity contribution in [2.45, 2.75) is 101 Å². The lowest BCUT2D eigenvalue weighted by molar-refractivity contribution is -0.140. The van der Waals surface area contributed by atoms with Gasteiger partial charge in [-0.25, -0.2) is 0 Å². The van der Waals surface area contributed by atoms with Crippen LogP contribution in [0, 0.1) is 11.8 Å². The second kappa shape index (κ2) is 11.2. The van der Waals surface area contributed by atoms with Crippen LogP contribution in [0.4, 0.5) is 0 Å². The molecule has 182 valence electrons. The summed E-state index contributed by atoms with van der Waals surface area (Å²) in [5.41, 5.74) is 0. The monoisotopic (exact) mass is 467 g/mol. The van der Waals surface area contributed by atoms with Gasteiger partial charge in [0.05, 0.1) is 16.6 Å². The van der Waals surface area contributed by atoms with Crippen molar-refractivity contribution >= 4 is 29.5 Å². The summed E-state index contributed by atoms with van der Waals surface area (Å²) in [5, 5.41) is 15.3. The fourth-order valence-corrected chi connectivity index (χ4v) is 8.15. The van der Waals surface area contributed by atoms with E-state index in [0.29, 0.717) is 13.1 Å². The van der Waals surface area contributed by atoms with E-state index in [1.807, 2.05) is 13.8 Å². The van der Waals surface area contributed by atoms with Crippen molar-refractivity contribution in [3.63, 3.8) is 0 Å². The standard InChI is InChI=1S/C24H41N3O4S/c1-4-10-16(3)26-22(30)20-24-12-11-17(32-24)18(21(29)25-13-5-2)19(24)23(31)27(20)14-8-6-7-9-15-28/h16-20,28H,4-15H2,1-3H3,(H,25,29)(H,26,30)/t16?,17-,18+,19+,20?,24?/m1/s1. The number of carbonyl (C=O) groups is 3. The molecule has 8 heteroatoms. The van der Waals surface area contributed by atoms with Crippen molar-refractivity contribution in [3.8, 4) is 0 Å². The Hall–Kier alpha value is -1.28. The van der Waals surface area contributed by atoms with E-state index in [2.05, 4.69) is 17.6 Å². The van der Waals surface area contributed by atoms with Crippen LogP contribution in [0.1, 0.15) is 78.6 Å². The Morgan fingerprint density at radius 2 is 1.94 bits per heavy atom. The molecule has 0 aromatic heterocycles. The van der Waals surface area contributed by atoms with Crippen LogP contribution < -0.4 is 10.6 Å². The molecule has 0 radical (unpaired) electrons. The molecule has 3 saturated heterocycles. The number of aliphatic hydroxyl groups excluding tert-OH is 1. The van der Waals surface area contributed by atoms with Crippen LogP contribution in [0.2, 0.25) is 0 Å². The second-order valence-electron chi connectivity index (χ2n) is 9.71. The van der Waals surface area contributed by atoms with E-state index >= 15 is 0 Å². The smallest absolute Gasteiger partial charge is 0.244 e. The van der Waals surface area contributed by atoms with Crippen molar-refractivity contribution in [1.29, 1.82) is 0 Å². The number of fused-ring (bicyclic) bond motifs is 1. The molecular formula is C24H41N3O4S. The van der Waals surface area contributed by atoms with Gasteiger partial charge in [0.2, 0.25) is 17.7 Å². The van der Waals surface area contributed by atoms with Crippen molar-refractivity contribution < 1.29 is 19.5 Å². The van der Waals surface area contributed by atoms with Gasteiger partial charge >= 0.3 is 0 Å². The molecule has 1 spiro atoms. The number of nitrogens with one attached hydrogen (secondary N) is 2. The Morgan fingerprint density at radius 1 is 1.19 bits per heavy atom. The molecule has 3 heterocycles. The first kappa shape index (κ1) is 25.3. The van der Waals surface area contributed by atoms with Gasteiger partial charge in [0.15, 0.2) is 0 Å². The Morgan fingerprint density at radius 3 is 2.62 bits per heavy atom. The molecule has 7 nitrogen and oxygen atoms in total. The van der Waals surface area contributed by atoms with Crippen LogP contribution in [0.25, 0.3) is 0 Å². The van der Waals surface area contributed by atoms with Gasteiger partial charge in [-0.05, 0) is 45.4 Å². The largest absolute Gasteiger partial charge is 0.396 e. The summed E-state index contributed by atoms with van der Waals surface area (Å²) >= 11 is 1.73. The summed E-state index contributed by atoms with van der Waals surface area (Å²) in [6.45, 7) is 7.48. The molecule has 3 aliphatic heterocycles. The Kier molecular flexibility index (Phi) is 8.90. The zero-order valence-electron chi connectivity index (χ0n) is 19.9. The van der Waals surface area contributed by atoms with Crippen LogP contribution in [0.15, 0.2) is 0 Å². The lowest BCUT2D eigenvalue weighted by Gasteiger charge is -2.35. The van der Waals surface area contributed by atoms with E-state index in [0.717, 1.165) is 57.8 Å². The van der Waals surface area contributed by atoms with E-state index in [9.17, 15) is 14.4 Å². The topological polar surface area (TPSA) is 98.7 Å². The molecule has 32 heavy (non-hydrogen) atoms. The molecule has 3 aliphatic rings. The summed E-state index contributed by atoms with van der Waals surface area (Å²) in [4.78, 5) is 42.1. The number of carbonyl (C=O) groups excluding carboxylic acids is 3. The highest BCUT2D eigenvalue weighted by atomic mass is 32.2. The van der Waals surface area contributed by atoms with Gasteiger partial charge in [0.25, 0.3) is 0 Å². The highest BCUT2D eigenvalue weighted by molar-refractivity contribution is 8.02. The SMILES string of the molecule is CCCNC(=O)[C@@H]1[C@H]2C(=O)N(CCCCCCO)C(C(=O)NC(C)CCC)C23CC[C@H]1S3. The number of aliphatic hydroxyl groups is 1. The first-order valence-corrected chi connectivity index (χ1v) is 13.5. The van der Waals surface area contributed by atoms with Crippen molar-refractivity contribution in [1.82, 2.24) is 15.5 Å². The number of nitrogens with zero attached hydrogens (tertiary/aromatic N) is 1. The number of rotatable bonds is 13. The van der Waals surface area contributed by atoms with Crippen LogP contribution in [-0.4, -0.2) is 69.5 Å². The van der Waals surface area contributed by atoms with E-state index in [1.54, 1.807) is 16.7 Å². The summed E-state index contributed by atoms with van der Waals surface area (Å²) in [6, 6.07) is -0.437. The molecular weight excluding hydrogens is 426 g/mol. The molecule has 3 amide bonds. The highest BCUT2D eigenvalue weighted by Gasteiger charge is 2.73. The van der Waals surface area contributed by atoms with E-state index < -0.39 is 16.7 Å². The van der Waals surface area contributed by atoms with E-state index in [4.69, 9.17) is 5.11 Å². The third kappa shape index (κ3) is 4.81. The summed E-state index contributed by atoms with van der Waals surface area (Å²) in [7, 11) is 0. The lowest BCUT2D eigenvalue weighted by Crippen LogP contribution is -2.55. The maximum Gasteiger partial charge on any atom is 0.244 e. The normalized spacial score (nSPS) is 31.6. The minimum absolute atomic E-state index is 0.0122. The van der Waals surface area contributed by atoms with Gasteiger partial charge in [-0.2, -0.15) is 0 Å². The molecule has 2 bridgehead atoms. The van der Waals surface area contributed by atoms with Crippen molar-refractivity contribution in [3.05, 3.63) is 0 Å². The van der Waals surface area contributed by atoms with Crippen LogP contribution in [0.5, 0.6) is 0 Å². The Bertz CT molecular complexity index is 690. The van der Waals surface area contributed by atoms with Crippen molar-refractivity contribution in [2.24, 2.45) is 11.8 Å². The second-order valence-corrected chi connectivity index (χ2v) is 11.3. The van der Waals surface area contributed by atoms with Gasteiger partial charge in [0.1, 0.15) is 6.04 Å². The zero-order chi connectivity index (χ0) is 23.3. The molecule has 3 fully saturated rings. The first-order chi connectivity index (χ1) is 15.4. The average molecular weight is 468 g/mol. The maximum atomic E-state index is 13.7. The molecule has 3 unspecified atom stereocenters. The Balaban J connectivity index is 1.83. The van der Waals surface area contributed by atoms with Gasteiger partial charge in [-0.15, -0.1) is 11.8 Å². The molecule has 3 rings (SSSR count). The number of hydrogen-bond acceptors (Lipinski definition) is 5. The number of unbranched alkanes of at least 4 members (excludes halogenated alkanes) is 3. The van der Waals surface area contributed by atoms with Gasteiger partial charge in [-0.1, -0.05) is 33.1 Å². The molecule has 6 atom stereocenters. The molecule has 0 aromatic rings. The predicted molar refractivity (Wildman–Crippen MR) is 127 cm³/mol. The maximum absolute atomic E-state index is 13.7. The first-order valence-electron chi connectivity index (χ1n) is 12.6. The summed E-state index contributed by atoms with van der Waals surface area (Å²) in [5.74, 6) is -0.831. The lowest BCUT2D eigenvalue weighted by atomic mass is 9.70. The van der Waals surface area contributed by atoms with Crippen LogP contribution >= 0.6 is 11.8 Å². The van der Waals surface area contributed by atoms with Gasteiger partial charge in [-0.3, -0.25) is 14.4 Å². The molecule has 0 aliphatic carbocycles. The number of thioether (sulfide) groups is 1. The third-order valence-electron chi connectivity index (χ3n) is 7.32. The fourth-order valence-electron chi connectivity index (χ4n) is 5.93. The predicted octanol–water partition coefficient (Wildman–Crippen LogP) is 2.46. The van der Waals surface area contributed by atoms with E-state index in [1.165, 1.54) is 0 Å². The van der Waals surface area contributed by atoms with Gasteiger partial charge in [0, 0.05) is 31.0 Å². The fraction of sp³-hybridized carbons (Fsp3) is 0.875. The quantitative estimate of drug-likeness (QED) is 0.362. The number of amides is 3. The summed E-state index contributed by atoms with van der Waals surface area (Å²) < 4.78 is -0.489. The highest BCUT2D eigenvalue weighted by Crippen LogP contribution is 2.66. The molecule has 0 aromatic carbocycles. The molecule has 0 saturated carbocycles. The van der Waals surface area contributed by atoms with Crippen LogP contribution in [0.3, 0.4) is 0 Å². The zero-order valence-corrected chi connectivity index (χ0v) is 20.7. The minimum Gasteiger partial charge on any atom is -0.396 e. The van der Waals surface area contributed by atoms with Crippen LogP contribution in [-0.2, 0) is 14.4 Å². The summed E-state index contributed by atoms with van der Waals surface area (Å²) in [6.07, 6.45) is 7.86. The molecule has 3 N–H and O–H groups in total. The van der Waals surface area contributed by atoms with E-state index in [-0.39, 0.29) is 41.5 Å². The Labute approximate surface area is 196 Å². The van der Waals surface area contributed by atoms with Gasteiger partial charge < -0.3 is 20.6 Å².